The molecule has 0 aliphatic carbocycles. The summed E-state index contributed by atoms with van der Waals surface area (Å²) in [5.74, 6) is 3.38. The Morgan fingerprint density at radius 1 is 1.03 bits per heavy atom. The van der Waals surface area contributed by atoms with Gasteiger partial charge in [-0.1, -0.05) is 30.7 Å². The summed E-state index contributed by atoms with van der Waals surface area (Å²) in [5.41, 5.74) is 1.06. The second kappa shape index (κ2) is 8.93. The Morgan fingerprint density at radius 3 is 2.75 bits per heavy atom. The molecule has 5 rings (SSSR count). The molecule has 0 spiro atoms. The highest BCUT2D eigenvalue weighted by molar-refractivity contribution is 5.88. The van der Waals surface area contributed by atoms with Gasteiger partial charge in [-0.2, -0.15) is 0 Å². The lowest BCUT2D eigenvalue weighted by molar-refractivity contribution is -0.133. The Hall–Kier alpha value is -2.89. The third kappa shape index (κ3) is 3.98. The summed E-state index contributed by atoms with van der Waals surface area (Å²) in [7, 11) is 1.68. The van der Waals surface area contributed by atoms with Gasteiger partial charge in [0.2, 0.25) is 5.91 Å². The monoisotopic (exact) mass is 432 g/mol. The third-order valence-electron chi connectivity index (χ3n) is 7.18. The number of ether oxygens (including phenoxy) is 1. The van der Waals surface area contributed by atoms with Crippen LogP contribution in [0.4, 0.5) is 0 Å². The van der Waals surface area contributed by atoms with Crippen LogP contribution in [0.1, 0.15) is 68.1 Å². The summed E-state index contributed by atoms with van der Waals surface area (Å²) in [6.45, 7) is 4.61. The number of amides is 1. The van der Waals surface area contributed by atoms with Crippen LogP contribution in [-0.2, 0) is 17.8 Å². The van der Waals surface area contributed by atoms with Crippen molar-refractivity contribution in [3.05, 3.63) is 53.6 Å². The van der Waals surface area contributed by atoms with Gasteiger partial charge in [0, 0.05) is 32.0 Å². The van der Waals surface area contributed by atoms with E-state index in [-0.39, 0.29) is 17.7 Å². The van der Waals surface area contributed by atoms with E-state index in [1.165, 1.54) is 19.3 Å². The van der Waals surface area contributed by atoms with Crippen LogP contribution in [0.15, 0.2) is 36.4 Å². The Morgan fingerprint density at radius 2 is 1.88 bits per heavy atom. The highest BCUT2D eigenvalue weighted by Crippen LogP contribution is 2.31. The van der Waals surface area contributed by atoms with E-state index in [4.69, 9.17) is 4.74 Å². The van der Waals surface area contributed by atoms with Crippen molar-refractivity contribution in [1.29, 1.82) is 0 Å². The third-order valence-corrected chi connectivity index (χ3v) is 7.18. The topological polar surface area (TPSA) is 60.2 Å². The highest BCUT2D eigenvalue weighted by atomic mass is 16.5. The number of hydrogen-bond acceptors (Lipinski definition) is 4. The molecule has 3 heterocycles. The predicted molar refractivity (Wildman–Crippen MR) is 125 cm³/mol. The smallest absolute Gasteiger partial charge is 0.229 e. The summed E-state index contributed by atoms with van der Waals surface area (Å²) in [6, 6.07) is 12.4. The van der Waals surface area contributed by atoms with Crippen molar-refractivity contribution in [3.63, 3.8) is 0 Å². The number of carbonyl (C=O) groups is 1. The van der Waals surface area contributed by atoms with E-state index >= 15 is 0 Å². The molecule has 2 atom stereocenters. The number of fused-ring (bicyclic) bond motifs is 2. The molecule has 0 saturated carbocycles. The van der Waals surface area contributed by atoms with Crippen LogP contribution in [0.5, 0.6) is 5.75 Å². The molecule has 1 aromatic heterocycles. The van der Waals surface area contributed by atoms with Crippen LogP contribution in [0.25, 0.3) is 10.8 Å². The van der Waals surface area contributed by atoms with E-state index in [1.54, 1.807) is 7.11 Å². The fourth-order valence-corrected chi connectivity index (χ4v) is 5.25. The van der Waals surface area contributed by atoms with E-state index in [9.17, 15) is 4.79 Å². The van der Waals surface area contributed by atoms with Gasteiger partial charge < -0.3 is 14.2 Å². The van der Waals surface area contributed by atoms with Crippen molar-refractivity contribution in [2.75, 3.05) is 20.2 Å². The highest BCUT2D eigenvalue weighted by Gasteiger charge is 2.31. The van der Waals surface area contributed by atoms with Gasteiger partial charge in [-0.25, -0.2) is 0 Å². The molecule has 6 heteroatoms. The molecule has 6 nitrogen and oxygen atoms in total. The molecule has 1 amide bonds. The normalized spacial score (nSPS) is 19.9. The number of aryl methyl sites for hydroxylation is 1. The molecule has 0 radical (unpaired) electrons. The minimum atomic E-state index is -0.171. The van der Waals surface area contributed by atoms with Crippen molar-refractivity contribution in [2.24, 2.45) is 0 Å². The quantitative estimate of drug-likeness (QED) is 0.601. The molecule has 0 N–H and O–H groups in total. The largest absolute Gasteiger partial charge is 0.497 e. The molecule has 2 aromatic carbocycles. The summed E-state index contributed by atoms with van der Waals surface area (Å²) in [4.78, 5) is 15.5. The number of piperidine rings is 1. The summed E-state index contributed by atoms with van der Waals surface area (Å²) >= 11 is 0. The Bertz CT molecular complexity index is 1120. The van der Waals surface area contributed by atoms with Crippen molar-refractivity contribution < 1.29 is 9.53 Å². The number of benzene rings is 2. The lowest BCUT2D eigenvalue weighted by Crippen LogP contribution is -2.41. The number of aromatic nitrogens is 3. The van der Waals surface area contributed by atoms with Crippen LogP contribution in [-0.4, -0.2) is 45.8 Å². The molecule has 2 aliphatic rings. The second-order valence-electron chi connectivity index (χ2n) is 9.25. The van der Waals surface area contributed by atoms with Crippen molar-refractivity contribution in [1.82, 2.24) is 19.7 Å². The number of nitrogens with zero attached hydrogens (tertiary/aromatic N) is 4. The number of carbonyl (C=O) groups excluding carboxylic acids is 1. The molecule has 1 saturated heterocycles. The van der Waals surface area contributed by atoms with E-state index in [0.29, 0.717) is 0 Å². The van der Waals surface area contributed by atoms with Crippen molar-refractivity contribution >= 4 is 16.7 Å². The van der Waals surface area contributed by atoms with Crippen LogP contribution >= 0.6 is 0 Å². The standard InChI is InChI=1S/C26H32N4O2/c1-18(19-9-10-21-16-23(32-2)12-11-20(21)15-19)26(31)29-13-6-7-22(17-29)25-28-27-24-8-4-3-5-14-30(24)25/h9-12,15-16,18,22H,3-8,13-14,17H2,1-2H3/t18-,22?/m0/s1. The predicted octanol–water partition coefficient (Wildman–Crippen LogP) is 4.68. The number of likely N-dealkylation sites (tertiary alicyclic amines) is 1. The first-order valence-electron chi connectivity index (χ1n) is 11.9. The minimum absolute atomic E-state index is 0.171. The fraction of sp³-hybridized carbons (Fsp3) is 0.500. The van der Waals surface area contributed by atoms with Gasteiger partial charge in [0.15, 0.2) is 0 Å². The van der Waals surface area contributed by atoms with Gasteiger partial charge in [0.1, 0.15) is 17.4 Å². The summed E-state index contributed by atoms with van der Waals surface area (Å²) in [5, 5.41) is 11.3. The second-order valence-corrected chi connectivity index (χ2v) is 9.25. The molecule has 168 valence electrons. The van der Waals surface area contributed by atoms with E-state index in [2.05, 4.69) is 43.9 Å². The van der Waals surface area contributed by atoms with Gasteiger partial charge in [-0.15, -0.1) is 10.2 Å². The zero-order chi connectivity index (χ0) is 22.1. The Kier molecular flexibility index (Phi) is 5.85. The van der Waals surface area contributed by atoms with E-state index in [1.807, 2.05) is 19.1 Å². The Balaban J connectivity index is 1.33. The van der Waals surface area contributed by atoms with Gasteiger partial charge in [0.05, 0.1) is 13.0 Å². The summed E-state index contributed by atoms with van der Waals surface area (Å²) in [6.07, 6.45) is 6.76. The zero-order valence-corrected chi connectivity index (χ0v) is 19.1. The number of rotatable bonds is 4. The first-order valence-corrected chi connectivity index (χ1v) is 11.9. The van der Waals surface area contributed by atoms with Crippen LogP contribution in [0.2, 0.25) is 0 Å². The molecular formula is C26H32N4O2. The lowest BCUT2D eigenvalue weighted by Gasteiger charge is -2.34. The molecule has 3 aromatic rings. The van der Waals surface area contributed by atoms with E-state index < -0.39 is 0 Å². The average molecular weight is 433 g/mol. The van der Waals surface area contributed by atoms with Gasteiger partial charge in [-0.3, -0.25) is 4.79 Å². The molecule has 2 aliphatic heterocycles. The van der Waals surface area contributed by atoms with Crippen molar-refractivity contribution in [3.8, 4) is 5.75 Å². The van der Waals surface area contributed by atoms with Crippen LogP contribution < -0.4 is 4.74 Å². The molecule has 0 bridgehead atoms. The van der Waals surface area contributed by atoms with Crippen LogP contribution in [0, 0.1) is 0 Å². The zero-order valence-electron chi connectivity index (χ0n) is 19.1. The number of methoxy groups -OCH3 is 1. The minimum Gasteiger partial charge on any atom is -0.497 e. The van der Waals surface area contributed by atoms with Gasteiger partial charge in [0.25, 0.3) is 0 Å². The molecule has 1 fully saturated rings. The van der Waals surface area contributed by atoms with Crippen molar-refractivity contribution in [2.45, 2.75) is 63.8 Å². The van der Waals surface area contributed by atoms with E-state index in [0.717, 1.165) is 72.6 Å². The molecular weight excluding hydrogens is 400 g/mol. The van der Waals surface area contributed by atoms with Crippen LogP contribution in [0.3, 0.4) is 0 Å². The average Bonchev–Trinajstić information content (AvgIpc) is 3.10. The maximum atomic E-state index is 13.5. The SMILES string of the molecule is COc1ccc2cc([C@H](C)C(=O)N3CCCC(c4nnc5n4CCCCC5)C3)ccc2c1. The first kappa shape index (κ1) is 21.0. The lowest BCUT2D eigenvalue weighted by atomic mass is 9.93. The first-order chi connectivity index (χ1) is 15.6. The fourth-order valence-electron chi connectivity index (χ4n) is 5.25. The maximum absolute atomic E-state index is 13.5. The van der Waals surface area contributed by atoms with Gasteiger partial charge >= 0.3 is 0 Å². The molecule has 1 unspecified atom stereocenters. The Labute approximate surface area is 189 Å². The summed E-state index contributed by atoms with van der Waals surface area (Å²) < 4.78 is 7.67. The molecule has 32 heavy (non-hydrogen) atoms. The maximum Gasteiger partial charge on any atom is 0.229 e. The number of hydrogen-bond donors (Lipinski definition) is 0. The van der Waals surface area contributed by atoms with Gasteiger partial charge in [-0.05, 0) is 61.1 Å².